The lowest BCUT2D eigenvalue weighted by Crippen LogP contribution is -2.36. The second-order valence-electron chi connectivity index (χ2n) is 11.9. The highest BCUT2D eigenvalue weighted by atomic mass is 32.2. The highest BCUT2D eigenvalue weighted by Gasteiger charge is 2.24. The molecule has 1 aliphatic heterocycles. The Morgan fingerprint density at radius 1 is 0.757 bits per heavy atom. The lowest BCUT2D eigenvalue weighted by molar-refractivity contribution is -0.123. The molecule has 206 valence electrons. The smallest absolute Gasteiger partial charge is 0.230 e. The lowest BCUT2D eigenvalue weighted by atomic mass is 9.96. The van der Waals surface area contributed by atoms with Crippen LogP contribution in [0.2, 0.25) is 0 Å². The maximum absolute atomic E-state index is 12.4. The van der Waals surface area contributed by atoms with Gasteiger partial charge >= 0.3 is 0 Å². The molecule has 0 saturated carbocycles. The first-order valence-electron chi connectivity index (χ1n) is 12.9. The van der Waals surface area contributed by atoms with Crippen LogP contribution in [0.1, 0.15) is 53.2 Å². The number of nitrogens with one attached hydrogen (secondary N) is 2. The van der Waals surface area contributed by atoms with Crippen molar-refractivity contribution in [2.75, 3.05) is 48.3 Å². The van der Waals surface area contributed by atoms with Crippen molar-refractivity contribution >= 4 is 35.2 Å². The Hall–Kier alpha value is -2.37. The van der Waals surface area contributed by atoms with Crippen LogP contribution < -0.4 is 10.6 Å². The molecule has 37 heavy (non-hydrogen) atoms. The van der Waals surface area contributed by atoms with Crippen LogP contribution in [0.25, 0.3) is 0 Å². The summed E-state index contributed by atoms with van der Waals surface area (Å²) in [6.07, 6.45) is 3.76. The fourth-order valence-corrected chi connectivity index (χ4v) is 4.72. The van der Waals surface area contributed by atoms with E-state index >= 15 is 0 Å². The van der Waals surface area contributed by atoms with Gasteiger partial charge < -0.3 is 19.8 Å². The standard InChI is InChI=1S/C26H44N8O2S/c1-25(2,3)23(35)29-19-15-31(7)21(27-19)17-33-9-10-34(12-14-37-13-11-33)18-22-28-20(16-32(22)8)30-24(36)26(4,5)6/h15-16H,9-14,17-18H2,1-8H3,(H,29,35)(H,30,36). The van der Waals surface area contributed by atoms with Crippen molar-refractivity contribution in [3.63, 3.8) is 0 Å². The topological polar surface area (TPSA) is 100 Å². The third-order valence-electron chi connectivity index (χ3n) is 6.36. The summed E-state index contributed by atoms with van der Waals surface area (Å²) in [6.45, 7) is 16.6. The Labute approximate surface area is 225 Å². The first kappa shape index (κ1) is 29.2. The maximum atomic E-state index is 12.4. The molecule has 1 aliphatic rings. The minimum Gasteiger partial charge on any atom is -0.335 e. The SMILES string of the molecule is Cn1cc(NC(=O)C(C)(C)C)nc1CN1CCSCCN(Cc2nc(NC(=O)C(C)(C)C)cn2C)CC1. The number of hydrogen-bond acceptors (Lipinski definition) is 7. The molecule has 0 aromatic carbocycles. The fraction of sp³-hybridized carbons (Fsp3) is 0.692. The van der Waals surface area contributed by atoms with Gasteiger partial charge in [0.15, 0.2) is 11.6 Å². The predicted molar refractivity (Wildman–Crippen MR) is 150 cm³/mol. The van der Waals surface area contributed by atoms with Crippen molar-refractivity contribution < 1.29 is 9.59 Å². The molecule has 2 N–H and O–H groups in total. The number of aromatic nitrogens is 4. The van der Waals surface area contributed by atoms with E-state index in [1.54, 1.807) is 0 Å². The van der Waals surface area contributed by atoms with Gasteiger partial charge in [0.25, 0.3) is 0 Å². The zero-order valence-corrected chi connectivity index (χ0v) is 24.5. The average Bonchev–Trinajstić information content (AvgIpc) is 3.32. The summed E-state index contributed by atoms with van der Waals surface area (Å²) in [6, 6.07) is 0. The van der Waals surface area contributed by atoms with Crippen molar-refractivity contribution in [1.82, 2.24) is 28.9 Å². The van der Waals surface area contributed by atoms with E-state index in [2.05, 4.69) is 20.4 Å². The van der Waals surface area contributed by atoms with Gasteiger partial charge in [-0.25, -0.2) is 9.97 Å². The van der Waals surface area contributed by atoms with E-state index in [1.165, 1.54) is 0 Å². The lowest BCUT2D eigenvalue weighted by Gasteiger charge is -2.25. The molecular weight excluding hydrogens is 488 g/mol. The summed E-state index contributed by atoms with van der Waals surface area (Å²) in [7, 11) is 3.95. The number of amides is 2. The first-order valence-corrected chi connectivity index (χ1v) is 14.1. The van der Waals surface area contributed by atoms with E-state index in [1.807, 2.05) is 88.9 Å². The van der Waals surface area contributed by atoms with Gasteiger partial charge in [0, 0.05) is 75.0 Å². The van der Waals surface area contributed by atoms with E-state index in [0.717, 1.165) is 62.4 Å². The van der Waals surface area contributed by atoms with Crippen LogP contribution >= 0.6 is 11.8 Å². The Balaban J connectivity index is 1.61. The van der Waals surface area contributed by atoms with Crippen LogP contribution in [-0.4, -0.2) is 78.4 Å². The molecule has 0 spiro atoms. The van der Waals surface area contributed by atoms with Crippen molar-refractivity contribution in [2.45, 2.75) is 54.6 Å². The Kier molecular flexibility index (Phi) is 9.47. The van der Waals surface area contributed by atoms with Crippen molar-refractivity contribution in [1.29, 1.82) is 0 Å². The molecule has 10 nitrogen and oxygen atoms in total. The van der Waals surface area contributed by atoms with E-state index in [-0.39, 0.29) is 11.8 Å². The van der Waals surface area contributed by atoms with E-state index in [4.69, 9.17) is 9.97 Å². The summed E-state index contributed by atoms with van der Waals surface area (Å²) >= 11 is 1.96. The van der Waals surface area contributed by atoms with Crippen LogP contribution in [-0.2, 0) is 36.8 Å². The molecule has 3 heterocycles. The van der Waals surface area contributed by atoms with Crippen LogP contribution in [0.5, 0.6) is 0 Å². The van der Waals surface area contributed by atoms with Gasteiger partial charge in [-0.05, 0) is 0 Å². The molecule has 0 bridgehead atoms. The van der Waals surface area contributed by atoms with Crippen LogP contribution in [0.4, 0.5) is 11.6 Å². The van der Waals surface area contributed by atoms with Gasteiger partial charge in [-0.1, -0.05) is 41.5 Å². The second kappa shape index (κ2) is 12.0. The van der Waals surface area contributed by atoms with Crippen LogP contribution in [0, 0.1) is 10.8 Å². The van der Waals surface area contributed by atoms with Crippen molar-refractivity contribution in [2.24, 2.45) is 24.9 Å². The van der Waals surface area contributed by atoms with Crippen LogP contribution in [0.15, 0.2) is 12.4 Å². The molecule has 0 unspecified atom stereocenters. The molecule has 1 saturated heterocycles. The zero-order valence-electron chi connectivity index (χ0n) is 23.7. The number of rotatable bonds is 6. The molecule has 2 aromatic rings. The Morgan fingerprint density at radius 3 is 1.49 bits per heavy atom. The number of nitrogens with zero attached hydrogens (tertiary/aromatic N) is 6. The van der Waals surface area contributed by atoms with Gasteiger partial charge in [0.05, 0.1) is 13.1 Å². The third-order valence-corrected chi connectivity index (χ3v) is 7.30. The number of carbonyl (C=O) groups is 2. The molecule has 2 amide bonds. The van der Waals surface area contributed by atoms with Gasteiger partial charge in [0.2, 0.25) is 11.8 Å². The summed E-state index contributed by atoms with van der Waals surface area (Å²) in [5.74, 6) is 5.12. The normalized spacial score (nSPS) is 16.6. The van der Waals surface area contributed by atoms with Crippen molar-refractivity contribution in [3.05, 3.63) is 24.0 Å². The predicted octanol–water partition coefficient (Wildman–Crippen LogP) is 3.17. The maximum Gasteiger partial charge on any atom is 0.230 e. The molecule has 3 rings (SSSR count). The van der Waals surface area contributed by atoms with Gasteiger partial charge in [0.1, 0.15) is 11.6 Å². The van der Waals surface area contributed by atoms with Crippen molar-refractivity contribution in [3.8, 4) is 0 Å². The molecule has 0 radical (unpaired) electrons. The summed E-state index contributed by atoms with van der Waals surface area (Å²) in [4.78, 5) is 39.0. The van der Waals surface area contributed by atoms with E-state index in [0.29, 0.717) is 11.6 Å². The molecule has 1 fully saturated rings. The number of imidazole rings is 2. The minimum atomic E-state index is -0.466. The highest BCUT2D eigenvalue weighted by molar-refractivity contribution is 7.99. The molecule has 11 heteroatoms. The monoisotopic (exact) mass is 532 g/mol. The Bertz CT molecular complexity index is 995. The molecule has 2 aromatic heterocycles. The molecular formula is C26H44N8O2S. The van der Waals surface area contributed by atoms with E-state index in [9.17, 15) is 9.59 Å². The zero-order chi connectivity index (χ0) is 27.4. The number of hydrogen-bond donors (Lipinski definition) is 2. The number of aryl methyl sites for hydroxylation is 2. The largest absolute Gasteiger partial charge is 0.335 e. The summed E-state index contributed by atoms with van der Waals surface area (Å²) in [5.41, 5.74) is -0.933. The Morgan fingerprint density at radius 2 is 1.14 bits per heavy atom. The van der Waals surface area contributed by atoms with Gasteiger partial charge in [-0.3, -0.25) is 19.4 Å². The molecule has 0 atom stereocenters. The molecule has 0 aliphatic carbocycles. The number of carbonyl (C=O) groups excluding carboxylic acids is 2. The van der Waals surface area contributed by atoms with Crippen LogP contribution in [0.3, 0.4) is 0 Å². The average molecular weight is 533 g/mol. The fourth-order valence-electron chi connectivity index (χ4n) is 3.74. The van der Waals surface area contributed by atoms with Gasteiger partial charge in [-0.2, -0.15) is 11.8 Å². The second-order valence-corrected chi connectivity index (χ2v) is 13.1. The summed E-state index contributed by atoms with van der Waals surface area (Å²) in [5, 5.41) is 5.87. The van der Waals surface area contributed by atoms with Gasteiger partial charge in [-0.15, -0.1) is 0 Å². The first-order chi connectivity index (χ1) is 17.2. The third kappa shape index (κ3) is 8.58. The van der Waals surface area contributed by atoms with E-state index < -0.39 is 10.8 Å². The number of thioether (sulfide) groups is 1. The minimum absolute atomic E-state index is 0.0395. The highest BCUT2D eigenvalue weighted by Crippen LogP contribution is 2.19. The summed E-state index contributed by atoms with van der Waals surface area (Å²) < 4.78 is 3.99. The quantitative estimate of drug-likeness (QED) is 0.589. The number of anilines is 2.